The summed E-state index contributed by atoms with van der Waals surface area (Å²) in [5.41, 5.74) is -1.14. The highest BCUT2D eigenvalue weighted by atomic mass is 16.4. The summed E-state index contributed by atoms with van der Waals surface area (Å²) < 4.78 is 1.25. The Kier molecular flexibility index (Phi) is 2.57. The number of hydrogen-bond donors (Lipinski definition) is 2. The largest absolute Gasteiger partial charge is 0.480 e. The van der Waals surface area contributed by atoms with Gasteiger partial charge in [-0.25, -0.2) is 9.67 Å². The lowest BCUT2D eigenvalue weighted by Gasteiger charge is -2.10. The van der Waals surface area contributed by atoms with Crippen LogP contribution in [0.15, 0.2) is 0 Å². The molecule has 1 aromatic heterocycles. The van der Waals surface area contributed by atoms with E-state index in [9.17, 15) is 9.90 Å². The average molecular weight is 199 g/mol. The highest BCUT2D eigenvalue weighted by Gasteiger charge is 2.23. The summed E-state index contributed by atoms with van der Waals surface area (Å²) in [5, 5.41) is 22.0. The van der Waals surface area contributed by atoms with E-state index < -0.39 is 11.6 Å². The van der Waals surface area contributed by atoms with Crippen molar-refractivity contribution in [1.29, 1.82) is 0 Å². The van der Waals surface area contributed by atoms with Gasteiger partial charge in [-0.05, 0) is 20.8 Å². The third kappa shape index (κ3) is 2.29. The van der Waals surface area contributed by atoms with Gasteiger partial charge in [0.05, 0.1) is 0 Å². The Morgan fingerprint density at radius 3 is 2.50 bits per heavy atom. The molecule has 1 aromatic rings. The molecule has 0 aliphatic heterocycles. The number of carboxylic acids is 1. The maximum Gasteiger partial charge on any atom is 0.325 e. The molecule has 1 rings (SSSR count). The van der Waals surface area contributed by atoms with Crippen LogP contribution in [0.4, 0.5) is 0 Å². The van der Waals surface area contributed by atoms with E-state index >= 15 is 0 Å². The summed E-state index contributed by atoms with van der Waals surface area (Å²) in [4.78, 5) is 14.4. The summed E-state index contributed by atoms with van der Waals surface area (Å²) in [6.45, 7) is 4.50. The molecule has 0 spiro atoms. The standard InChI is InChI=1S/C8H13N3O3/c1-5-9-7(8(2,3)14)10-11(5)4-6(12)13/h14H,4H2,1-3H3,(H,12,13). The van der Waals surface area contributed by atoms with Gasteiger partial charge in [0, 0.05) is 0 Å². The molecule has 0 amide bonds. The Hall–Kier alpha value is -1.43. The van der Waals surface area contributed by atoms with Crippen LogP contribution in [0.1, 0.15) is 25.5 Å². The summed E-state index contributed by atoms with van der Waals surface area (Å²) in [5.74, 6) is -0.277. The first-order valence-electron chi connectivity index (χ1n) is 4.17. The smallest absolute Gasteiger partial charge is 0.325 e. The van der Waals surface area contributed by atoms with Crippen LogP contribution in [-0.2, 0) is 16.9 Å². The topological polar surface area (TPSA) is 88.2 Å². The first-order chi connectivity index (χ1) is 6.30. The minimum atomic E-state index is -1.14. The Balaban J connectivity index is 2.99. The maximum atomic E-state index is 10.4. The quantitative estimate of drug-likeness (QED) is 0.709. The van der Waals surface area contributed by atoms with Crippen LogP contribution in [0, 0.1) is 6.92 Å². The van der Waals surface area contributed by atoms with Crippen LogP contribution >= 0.6 is 0 Å². The molecule has 2 N–H and O–H groups in total. The fraction of sp³-hybridized carbons (Fsp3) is 0.625. The van der Waals surface area contributed by atoms with Crippen LogP contribution in [0.2, 0.25) is 0 Å². The number of aliphatic carboxylic acids is 1. The van der Waals surface area contributed by atoms with Crippen molar-refractivity contribution < 1.29 is 15.0 Å². The molecule has 0 saturated heterocycles. The lowest BCUT2D eigenvalue weighted by molar-refractivity contribution is -0.137. The second-order valence-corrected chi connectivity index (χ2v) is 3.59. The first kappa shape index (κ1) is 10.6. The Morgan fingerprint density at radius 1 is 1.57 bits per heavy atom. The molecule has 0 fully saturated rings. The summed E-state index contributed by atoms with van der Waals surface area (Å²) >= 11 is 0. The van der Waals surface area contributed by atoms with E-state index in [2.05, 4.69) is 10.1 Å². The number of nitrogens with zero attached hydrogens (tertiary/aromatic N) is 3. The first-order valence-corrected chi connectivity index (χ1v) is 4.17. The van der Waals surface area contributed by atoms with E-state index in [1.54, 1.807) is 20.8 Å². The molecule has 6 heteroatoms. The normalized spacial score (nSPS) is 11.7. The molecule has 0 aliphatic rings. The van der Waals surface area contributed by atoms with Crippen LogP contribution in [-0.4, -0.2) is 30.9 Å². The van der Waals surface area contributed by atoms with Crippen molar-refractivity contribution in [3.63, 3.8) is 0 Å². The average Bonchev–Trinajstić information content (AvgIpc) is 2.30. The van der Waals surface area contributed by atoms with Crippen molar-refractivity contribution in [2.75, 3.05) is 0 Å². The zero-order valence-corrected chi connectivity index (χ0v) is 8.35. The monoisotopic (exact) mass is 199 g/mol. The predicted octanol–water partition coefficient (Wildman–Crippen LogP) is -0.101. The third-order valence-electron chi connectivity index (χ3n) is 1.69. The molecular formula is C8H13N3O3. The lowest BCUT2D eigenvalue weighted by Crippen LogP contribution is -2.19. The molecule has 0 bridgehead atoms. The number of carbonyl (C=O) groups is 1. The van der Waals surface area contributed by atoms with E-state index in [1.807, 2.05) is 0 Å². The second kappa shape index (κ2) is 3.38. The van der Waals surface area contributed by atoms with Gasteiger partial charge < -0.3 is 10.2 Å². The molecule has 0 aliphatic carbocycles. The van der Waals surface area contributed by atoms with Crippen molar-refractivity contribution in [3.05, 3.63) is 11.6 Å². The molecule has 0 atom stereocenters. The number of aryl methyl sites for hydroxylation is 1. The summed E-state index contributed by atoms with van der Waals surface area (Å²) in [6.07, 6.45) is 0. The molecule has 0 unspecified atom stereocenters. The lowest BCUT2D eigenvalue weighted by atomic mass is 10.1. The van der Waals surface area contributed by atoms with Gasteiger partial charge in [0.2, 0.25) is 0 Å². The van der Waals surface area contributed by atoms with Gasteiger partial charge >= 0.3 is 5.97 Å². The van der Waals surface area contributed by atoms with Crippen LogP contribution in [0.25, 0.3) is 0 Å². The zero-order chi connectivity index (χ0) is 10.9. The molecular weight excluding hydrogens is 186 g/mol. The molecule has 6 nitrogen and oxygen atoms in total. The molecule has 0 aromatic carbocycles. The van der Waals surface area contributed by atoms with Gasteiger partial charge in [-0.3, -0.25) is 4.79 Å². The Bertz CT molecular complexity index is 351. The summed E-state index contributed by atoms with van der Waals surface area (Å²) in [6, 6.07) is 0. The van der Waals surface area contributed by atoms with Gasteiger partial charge in [-0.1, -0.05) is 0 Å². The van der Waals surface area contributed by atoms with Gasteiger partial charge in [-0.2, -0.15) is 5.10 Å². The van der Waals surface area contributed by atoms with Gasteiger partial charge in [0.15, 0.2) is 5.82 Å². The minimum absolute atomic E-state index is 0.233. The predicted molar refractivity (Wildman–Crippen MR) is 47.6 cm³/mol. The van der Waals surface area contributed by atoms with Crippen molar-refractivity contribution in [2.45, 2.75) is 32.9 Å². The molecule has 0 radical (unpaired) electrons. The van der Waals surface area contributed by atoms with Crippen LogP contribution < -0.4 is 0 Å². The van der Waals surface area contributed by atoms with Gasteiger partial charge in [0.25, 0.3) is 0 Å². The Morgan fingerprint density at radius 2 is 2.14 bits per heavy atom. The molecule has 0 saturated carbocycles. The van der Waals surface area contributed by atoms with Crippen molar-refractivity contribution in [2.24, 2.45) is 0 Å². The van der Waals surface area contributed by atoms with Crippen LogP contribution in [0.5, 0.6) is 0 Å². The van der Waals surface area contributed by atoms with E-state index in [4.69, 9.17) is 5.11 Å². The highest BCUT2D eigenvalue weighted by molar-refractivity contribution is 5.66. The second-order valence-electron chi connectivity index (χ2n) is 3.59. The van der Waals surface area contributed by atoms with Crippen molar-refractivity contribution in [1.82, 2.24) is 14.8 Å². The highest BCUT2D eigenvalue weighted by Crippen LogP contribution is 2.15. The fourth-order valence-electron chi connectivity index (χ4n) is 0.957. The van der Waals surface area contributed by atoms with Crippen molar-refractivity contribution >= 4 is 5.97 Å². The zero-order valence-electron chi connectivity index (χ0n) is 8.35. The number of hydrogen-bond acceptors (Lipinski definition) is 4. The van der Waals surface area contributed by atoms with Gasteiger partial charge in [0.1, 0.15) is 18.0 Å². The maximum absolute atomic E-state index is 10.4. The SMILES string of the molecule is Cc1nc(C(C)(C)O)nn1CC(=O)O. The fourth-order valence-corrected chi connectivity index (χ4v) is 0.957. The van der Waals surface area contributed by atoms with Crippen LogP contribution in [0.3, 0.4) is 0 Å². The Labute approximate surface area is 81.2 Å². The third-order valence-corrected chi connectivity index (χ3v) is 1.69. The van der Waals surface area contributed by atoms with E-state index in [0.29, 0.717) is 5.82 Å². The number of rotatable bonds is 3. The number of aliphatic hydroxyl groups is 1. The molecule has 1 heterocycles. The van der Waals surface area contributed by atoms with Gasteiger partial charge in [-0.15, -0.1) is 0 Å². The van der Waals surface area contributed by atoms with Crippen molar-refractivity contribution in [3.8, 4) is 0 Å². The number of aromatic nitrogens is 3. The number of carboxylic acid groups (broad SMARTS) is 1. The van der Waals surface area contributed by atoms with E-state index in [1.165, 1.54) is 4.68 Å². The van der Waals surface area contributed by atoms with E-state index in [-0.39, 0.29) is 12.4 Å². The minimum Gasteiger partial charge on any atom is -0.480 e. The molecule has 14 heavy (non-hydrogen) atoms. The summed E-state index contributed by atoms with van der Waals surface area (Å²) in [7, 11) is 0. The van der Waals surface area contributed by atoms with E-state index in [0.717, 1.165) is 0 Å². The molecule has 78 valence electrons.